The molecule has 0 saturated heterocycles. The Morgan fingerprint density at radius 1 is 1.05 bits per heavy atom. The zero-order chi connectivity index (χ0) is 26.5. The first-order valence-corrected chi connectivity index (χ1v) is 13.2. The third-order valence-corrected chi connectivity index (χ3v) is 6.97. The highest BCUT2D eigenvalue weighted by Crippen LogP contribution is 2.43. The minimum absolute atomic E-state index is 0.251. The molecular formula is C26H25Cl2N3O5S. The smallest absolute Gasteiger partial charge is 0.338 e. The fourth-order valence-corrected chi connectivity index (χ4v) is 4.98. The van der Waals surface area contributed by atoms with E-state index in [2.05, 4.69) is 10.3 Å². The number of amides is 1. The predicted molar refractivity (Wildman–Crippen MR) is 146 cm³/mol. The number of nitrogens with zero attached hydrogens (tertiary/aromatic N) is 2. The lowest BCUT2D eigenvalue weighted by Gasteiger charge is -2.33. The van der Waals surface area contributed by atoms with Crippen molar-refractivity contribution in [2.24, 2.45) is 4.99 Å². The SMILES string of the molecule is CCOC(=O)C1=C(C)N=C2SC=CN2[C@@H]1c1ccc(OCC(=O)Nc2ccc(Cl)c(Cl)c2)c(OCC)c1. The summed E-state index contributed by atoms with van der Waals surface area (Å²) < 4.78 is 17.0. The highest BCUT2D eigenvalue weighted by molar-refractivity contribution is 8.16. The maximum atomic E-state index is 12.9. The van der Waals surface area contributed by atoms with Crippen molar-refractivity contribution in [1.29, 1.82) is 0 Å². The highest BCUT2D eigenvalue weighted by Gasteiger charge is 2.37. The summed E-state index contributed by atoms with van der Waals surface area (Å²) in [6.45, 7) is 5.81. The quantitative estimate of drug-likeness (QED) is 0.365. The Balaban J connectivity index is 1.57. The number of ether oxygens (including phenoxy) is 3. The molecule has 0 unspecified atom stereocenters. The fourth-order valence-electron chi connectivity index (χ4n) is 3.89. The van der Waals surface area contributed by atoms with Crippen molar-refractivity contribution in [3.63, 3.8) is 0 Å². The number of aliphatic imine (C=N–C) groups is 1. The van der Waals surface area contributed by atoms with Gasteiger partial charge in [-0.25, -0.2) is 9.79 Å². The number of halogens is 2. The number of allylic oxidation sites excluding steroid dienone is 1. The molecule has 2 aliphatic heterocycles. The van der Waals surface area contributed by atoms with Crippen LogP contribution in [0.15, 0.2) is 64.3 Å². The maximum Gasteiger partial charge on any atom is 0.338 e. The maximum absolute atomic E-state index is 12.9. The minimum atomic E-state index is -0.455. The molecule has 1 N–H and O–H groups in total. The summed E-state index contributed by atoms with van der Waals surface area (Å²) in [5, 5.41) is 6.14. The van der Waals surface area contributed by atoms with Gasteiger partial charge in [0.15, 0.2) is 23.3 Å². The molecule has 0 spiro atoms. The number of nitrogens with one attached hydrogen (secondary N) is 1. The Labute approximate surface area is 229 Å². The zero-order valence-corrected chi connectivity index (χ0v) is 22.7. The van der Waals surface area contributed by atoms with E-state index in [1.165, 1.54) is 11.8 Å². The Morgan fingerprint density at radius 2 is 1.86 bits per heavy atom. The van der Waals surface area contributed by atoms with Gasteiger partial charge in [0.05, 0.1) is 40.6 Å². The van der Waals surface area contributed by atoms with E-state index in [-0.39, 0.29) is 19.1 Å². The van der Waals surface area contributed by atoms with Crippen molar-refractivity contribution in [3.8, 4) is 11.5 Å². The topological polar surface area (TPSA) is 89.5 Å². The number of esters is 1. The van der Waals surface area contributed by atoms with Gasteiger partial charge in [0.1, 0.15) is 0 Å². The fraction of sp³-hybridized carbons (Fsp3) is 0.269. The van der Waals surface area contributed by atoms with E-state index >= 15 is 0 Å². The van der Waals surface area contributed by atoms with E-state index < -0.39 is 12.0 Å². The van der Waals surface area contributed by atoms with Crippen LogP contribution < -0.4 is 14.8 Å². The van der Waals surface area contributed by atoms with Crippen molar-refractivity contribution in [1.82, 2.24) is 4.90 Å². The summed E-state index contributed by atoms with van der Waals surface area (Å²) >= 11 is 13.4. The average molecular weight is 562 g/mol. The molecule has 0 bridgehead atoms. The third-order valence-electron chi connectivity index (χ3n) is 5.46. The van der Waals surface area contributed by atoms with E-state index in [0.29, 0.717) is 45.1 Å². The van der Waals surface area contributed by atoms with Gasteiger partial charge in [-0.15, -0.1) is 0 Å². The average Bonchev–Trinajstić information content (AvgIpc) is 3.33. The molecule has 1 amide bonds. The van der Waals surface area contributed by atoms with Gasteiger partial charge >= 0.3 is 5.97 Å². The number of carbonyl (C=O) groups is 2. The molecule has 194 valence electrons. The van der Waals surface area contributed by atoms with E-state index in [1.54, 1.807) is 38.1 Å². The first-order valence-electron chi connectivity index (χ1n) is 11.5. The molecular weight excluding hydrogens is 537 g/mol. The van der Waals surface area contributed by atoms with Crippen LogP contribution in [0.5, 0.6) is 11.5 Å². The molecule has 0 fully saturated rings. The van der Waals surface area contributed by atoms with Crippen LogP contribution in [0.1, 0.15) is 32.4 Å². The van der Waals surface area contributed by atoms with Crippen LogP contribution in [0.2, 0.25) is 10.0 Å². The van der Waals surface area contributed by atoms with Crippen LogP contribution in [0.25, 0.3) is 0 Å². The van der Waals surface area contributed by atoms with Crippen LogP contribution in [-0.4, -0.2) is 41.8 Å². The van der Waals surface area contributed by atoms with E-state index in [9.17, 15) is 9.59 Å². The van der Waals surface area contributed by atoms with Crippen molar-refractivity contribution in [2.75, 3.05) is 25.1 Å². The first-order chi connectivity index (χ1) is 17.8. The van der Waals surface area contributed by atoms with E-state index in [0.717, 1.165) is 10.7 Å². The molecule has 37 heavy (non-hydrogen) atoms. The van der Waals surface area contributed by atoms with Crippen molar-refractivity contribution in [2.45, 2.75) is 26.8 Å². The number of amidine groups is 1. The number of rotatable bonds is 9. The van der Waals surface area contributed by atoms with Crippen LogP contribution in [0, 0.1) is 0 Å². The molecule has 0 radical (unpaired) electrons. The molecule has 0 saturated carbocycles. The van der Waals surface area contributed by atoms with Crippen molar-refractivity contribution in [3.05, 3.63) is 74.9 Å². The molecule has 0 aliphatic carbocycles. The number of fused-ring (bicyclic) bond motifs is 1. The summed E-state index contributed by atoms with van der Waals surface area (Å²) in [4.78, 5) is 31.9. The third kappa shape index (κ3) is 6.06. The number of carbonyl (C=O) groups excluding carboxylic acids is 2. The standard InChI is InChI=1S/C26H25Cl2N3O5S/c1-4-34-21-12-16(24-23(25(33)35-5-2)15(3)29-26-31(24)10-11-37-26)6-9-20(21)36-14-22(32)30-17-7-8-18(27)19(28)13-17/h6-13,24H,4-5,14H2,1-3H3,(H,30,32)/t24-/m1/s1. The second-order valence-corrected chi connectivity index (χ2v) is 9.62. The molecule has 0 aromatic heterocycles. The number of hydrogen-bond donors (Lipinski definition) is 1. The number of benzene rings is 2. The molecule has 2 aromatic rings. The second kappa shape index (κ2) is 11.9. The Hall–Kier alpha value is -3.14. The number of hydrogen-bond acceptors (Lipinski definition) is 8. The predicted octanol–water partition coefficient (Wildman–Crippen LogP) is 6.18. The Bertz CT molecular complexity index is 1310. The van der Waals surface area contributed by atoms with E-state index in [4.69, 9.17) is 37.4 Å². The van der Waals surface area contributed by atoms with Crippen LogP contribution in [0.3, 0.4) is 0 Å². The summed E-state index contributed by atoms with van der Waals surface area (Å²) in [5.41, 5.74) is 2.35. The van der Waals surface area contributed by atoms with Crippen molar-refractivity contribution >= 4 is 57.7 Å². The second-order valence-electron chi connectivity index (χ2n) is 7.93. The molecule has 1 atom stereocenters. The largest absolute Gasteiger partial charge is 0.490 e. The summed E-state index contributed by atoms with van der Waals surface area (Å²) in [6, 6.07) is 9.73. The molecule has 2 aromatic carbocycles. The molecule has 4 rings (SSSR count). The van der Waals surface area contributed by atoms with Gasteiger partial charge in [0.25, 0.3) is 5.91 Å². The first kappa shape index (κ1) is 26.9. The summed E-state index contributed by atoms with van der Waals surface area (Å²) in [6.07, 6.45) is 1.89. The van der Waals surface area contributed by atoms with Gasteiger partial charge in [0, 0.05) is 11.9 Å². The van der Waals surface area contributed by atoms with Gasteiger partial charge in [-0.1, -0.05) is 41.0 Å². The summed E-state index contributed by atoms with van der Waals surface area (Å²) in [5.74, 6) is 0.0446. The molecule has 11 heteroatoms. The lowest BCUT2D eigenvalue weighted by molar-refractivity contribution is -0.139. The lowest BCUT2D eigenvalue weighted by atomic mass is 9.94. The van der Waals surface area contributed by atoms with Gasteiger partial charge in [-0.05, 0) is 62.1 Å². The van der Waals surface area contributed by atoms with Crippen LogP contribution >= 0.6 is 35.0 Å². The number of thioether (sulfide) groups is 1. The van der Waals surface area contributed by atoms with Gasteiger partial charge in [-0.2, -0.15) is 0 Å². The molecule has 2 heterocycles. The van der Waals surface area contributed by atoms with Crippen LogP contribution in [-0.2, 0) is 14.3 Å². The van der Waals surface area contributed by atoms with Gasteiger partial charge in [-0.3, -0.25) is 4.79 Å². The van der Waals surface area contributed by atoms with E-state index in [1.807, 2.05) is 35.6 Å². The highest BCUT2D eigenvalue weighted by atomic mass is 35.5. The van der Waals surface area contributed by atoms with Crippen LogP contribution in [0.4, 0.5) is 5.69 Å². The van der Waals surface area contributed by atoms with Gasteiger partial charge < -0.3 is 24.4 Å². The zero-order valence-electron chi connectivity index (χ0n) is 20.4. The molecule has 8 nitrogen and oxygen atoms in total. The molecule has 2 aliphatic rings. The normalized spacial score (nSPS) is 16.3. The Kier molecular flexibility index (Phi) is 8.68. The Morgan fingerprint density at radius 3 is 2.59 bits per heavy atom. The minimum Gasteiger partial charge on any atom is -0.490 e. The lowest BCUT2D eigenvalue weighted by Crippen LogP contribution is -2.34. The summed E-state index contributed by atoms with van der Waals surface area (Å²) in [7, 11) is 0. The monoisotopic (exact) mass is 561 g/mol. The number of anilines is 1. The van der Waals surface area contributed by atoms with Gasteiger partial charge in [0.2, 0.25) is 0 Å². The van der Waals surface area contributed by atoms with Crippen molar-refractivity contribution < 1.29 is 23.8 Å².